The lowest BCUT2D eigenvalue weighted by Gasteiger charge is -2.19. The van der Waals surface area contributed by atoms with E-state index in [1.807, 2.05) is 12.1 Å². The Bertz CT molecular complexity index is 911. The zero-order chi connectivity index (χ0) is 18.2. The summed E-state index contributed by atoms with van der Waals surface area (Å²) < 4.78 is 27.8. The minimum atomic E-state index is -3.70. The van der Waals surface area contributed by atoms with Crippen molar-refractivity contribution in [1.82, 2.24) is 5.32 Å². The van der Waals surface area contributed by atoms with Crippen molar-refractivity contribution >= 4 is 21.6 Å². The van der Waals surface area contributed by atoms with E-state index in [0.717, 1.165) is 17.5 Å². The molecule has 1 heterocycles. The molecular weight excluding hydrogens is 336 g/mol. The highest BCUT2D eigenvalue weighted by atomic mass is 32.2. The summed E-state index contributed by atoms with van der Waals surface area (Å²) in [6.07, 6.45) is 0.752. The Kier molecular flexibility index (Phi) is 4.33. The Balaban J connectivity index is 1.87. The first-order valence-corrected chi connectivity index (χ1v) is 9.70. The second-order valence-electron chi connectivity index (χ2n) is 7.26. The van der Waals surface area contributed by atoms with Crippen molar-refractivity contribution in [2.24, 2.45) is 0 Å². The summed E-state index contributed by atoms with van der Waals surface area (Å²) in [4.78, 5) is 12.1. The van der Waals surface area contributed by atoms with Crippen molar-refractivity contribution < 1.29 is 13.2 Å². The van der Waals surface area contributed by atoms with Crippen LogP contribution in [0.1, 0.15) is 42.3 Å². The standard InChI is InChI=1S/C19H22N2O3S/c1-19(2,3)14-5-8-16(9-6-14)25(23,24)21-15-7-4-13-10-11-20-18(22)17(13)12-15/h4-9,12,21H,10-11H2,1-3H3,(H,20,22). The van der Waals surface area contributed by atoms with Crippen LogP contribution in [0.25, 0.3) is 0 Å². The van der Waals surface area contributed by atoms with Crippen LogP contribution in [0, 0.1) is 0 Å². The number of hydrogen-bond donors (Lipinski definition) is 2. The molecule has 3 rings (SSSR count). The fourth-order valence-corrected chi connectivity index (χ4v) is 3.87. The highest BCUT2D eigenvalue weighted by molar-refractivity contribution is 7.92. The highest BCUT2D eigenvalue weighted by Crippen LogP contribution is 2.25. The Labute approximate surface area is 148 Å². The number of hydrogen-bond acceptors (Lipinski definition) is 3. The van der Waals surface area contributed by atoms with Crippen LogP contribution < -0.4 is 10.0 Å². The van der Waals surface area contributed by atoms with Crippen LogP contribution in [0.4, 0.5) is 5.69 Å². The van der Waals surface area contributed by atoms with E-state index in [-0.39, 0.29) is 16.2 Å². The zero-order valence-electron chi connectivity index (χ0n) is 14.6. The number of sulfonamides is 1. The molecule has 2 aromatic rings. The minimum Gasteiger partial charge on any atom is -0.352 e. The molecule has 0 saturated carbocycles. The average molecular weight is 358 g/mol. The normalized spacial score (nSPS) is 14.6. The van der Waals surface area contributed by atoms with E-state index < -0.39 is 10.0 Å². The van der Waals surface area contributed by atoms with Crippen LogP contribution in [0.2, 0.25) is 0 Å². The molecule has 25 heavy (non-hydrogen) atoms. The van der Waals surface area contributed by atoms with Gasteiger partial charge in [-0.1, -0.05) is 39.0 Å². The smallest absolute Gasteiger partial charge is 0.261 e. The third-order valence-corrected chi connectivity index (χ3v) is 5.71. The Morgan fingerprint density at radius 3 is 2.36 bits per heavy atom. The molecule has 0 radical (unpaired) electrons. The van der Waals surface area contributed by atoms with Crippen LogP contribution >= 0.6 is 0 Å². The van der Waals surface area contributed by atoms with E-state index in [1.54, 1.807) is 30.3 Å². The van der Waals surface area contributed by atoms with E-state index in [4.69, 9.17) is 0 Å². The molecule has 0 spiro atoms. The highest BCUT2D eigenvalue weighted by Gasteiger charge is 2.20. The lowest BCUT2D eigenvalue weighted by atomic mass is 9.87. The van der Waals surface area contributed by atoms with Gasteiger partial charge in [0.1, 0.15) is 0 Å². The Morgan fingerprint density at radius 1 is 1.04 bits per heavy atom. The van der Waals surface area contributed by atoms with E-state index in [0.29, 0.717) is 17.8 Å². The molecule has 132 valence electrons. The van der Waals surface area contributed by atoms with E-state index in [2.05, 4.69) is 30.8 Å². The molecule has 2 N–H and O–H groups in total. The third-order valence-electron chi connectivity index (χ3n) is 4.32. The van der Waals surface area contributed by atoms with Gasteiger partial charge >= 0.3 is 0 Å². The summed E-state index contributed by atoms with van der Waals surface area (Å²) in [5, 5.41) is 2.76. The lowest BCUT2D eigenvalue weighted by Crippen LogP contribution is -2.31. The number of benzene rings is 2. The molecule has 0 unspecified atom stereocenters. The predicted octanol–water partition coefficient (Wildman–Crippen LogP) is 3.07. The SMILES string of the molecule is CC(C)(C)c1ccc(S(=O)(=O)Nc2ccc3c(c2)C(=O)NCC3)cc1. The maximum Gasteiger partial charge on any atom is 0.261 e. The van der Waals surface area contributed by atoms with E-state index in [1.165, 1.54) is 0 Å². The Hall–Kier alpha value is -2.34. The first kappa shape index (κ1) is 17.5. The molecule has 1 amide bonds. The van der Waals surface area contributed by atoms with Gasteiger partial charge in [-0.15, -0.1) is 0 Å². The summed E-state index contributed by atoms with van der Waals surface area (Å²) in [7, 11) is -3.70. The van der Waals surface area contributed by atoms with Gasteiger partial charge in [0.15, 0.2) is 0 Å². The third kappa shape index (κ3) is 3.69. The molecule has 0 atom stereocenters. The van der Waals surface area contributed by atoms with Gasteiger partial charge in [-0.3, -0.25) is 9.52 Å². The molecule has 5 nitrogen and oxygen atoms in total. The molecule has 0 aliphatic carbocycles. The molecular formula is C19H22N2O3S. The summed E-state index contributed by atoms with van der Waals surface area (Å²) in [5.41, 5.74) is 2.87. The largest absolute Gasteiger partial charge is 0.352 e. The molecule has 0 saturated heterocycles. The predicted molar refractivity (Wildman–Crippen MR) is 98.4 cm³/mol. The molecule has 0 aromatic heterocycles. The topological polar surface area (TPSA) is 75.3 Å². The molecule has 2 aromatic carbocycles. The number of fused-ring (bicyclic) bond motifs is 1. The number of anilines is 1. The van der Waals surface area contributed by atoms with E-state index in [9.17, 15) is 13.2 Å². The van der Waals surface area contributed by atoms with Crippen molar-refractivity contribution in [3.05, 3.63) is 59.2 Å². The van der Waals surface area contributed by atoms with Crippen molar-refractivity contribution in [1.29, 1.82) is 0 Å². The van der Waals surface area contributed by atoms with Gasteiger partial charge in [0.25, 0.3) is 15.9 Å². The molecule has 0 fully saturated rings. The molecule has 6 heteroatoms. The molecule has 1 aliphatic rings. The average Bonchev–Trinajstić information content (AvgIpc) is 2.55. The van der Waals surface area contributed by atoms with Gasteiger partial charge in [0.2, 0.25) is 0 Å². The molecule has 0 bridgehead atoms. The first-order valence-electron chi connectivity index (χ1n) is 8.21. The van der Waals surface area contributed by atoms with Gasteiger partial charge in [0, 0.05) is 17.8 Å². The number of rotatable bonds is 3. The minimum absolute atomic E-state index is 0.0401. The fraction of sp³-hybridized carbons (Fsp3) is 0.316. The number of carbonyl (C=O) groups excluding carboxylic acids is 1. The molecule has 1 aliphatic heterocycles. The lowest BCUT2D eigenvalue weighted by molar-refractivity contribution is 0.0946. The van der Waals surface area contributed by atoms with Crippen LogP contribution in [0.15, 0.2) is 47.4 Å². The second-order valence-corrected chi connectivity index (χ2v) is 8.94. The van der Waals surface area contributed by atoms with Gasteiger partial charge < -0.3 is 5.32 Å². The monoisotopic (exact) mass is 358 g/mol. The summed E-state index contributed by atoms with van der Waals surface area (Å²) in [6, 6.07) is 11.9. The van der Waals surface area contributed by atoms with Crippen LogP contribution in [0.3, 0.4) is 0 Å². The van der Waals surface area contributed by atoms with Crippen LogP contribution in [0.5, 0.6) is 0 Å². The fourth-order valence-electron chi connectivity index (χ4n) is 2.82. The second kappa shape index (κ2) is 6.19. The van der Waals surface area contributed by atoms with Gasteiger partial charge in [0.05, 0.1) is 4.90 Å². The van der Waals surface area contributed by atoms with Crippen molar-refractivity contribution in [2.75, 3.05) is 11.3 Å². The van der Waals surface area contributed by atoms with Gasteiger partial charge in [-0.25, -0.2) is 8.42 Å². The van der Waals surface area contributed by atoms with Crippen molar-refractivity contribution in [2.45, 2.75) is 37.5 Å². The number of nitrogens with one attached hydrogen (secondary N) is 2. The van der Waals surface area contributed by atoms with Crippen molar-refractivity contribution in [3.8, 4) is 0 Å². The summed E-state index contributed by atoms with van der Waals surface area (Å²) in [5.74, 6) is -0.170. The van der Waals surface area contributed by atoms with Crippen molar-refractivity contribution in [3.63, 3.8) is 0 Å². The van der Waals surface area contributed by atoms with Gasteiger partial charge in [-0.2, -0.15) is 0 Å². The van der Waals surface area contributed by atoms with Gasteiger partial charge in [-0.05, 0) is 47.2 Å². The first-order chi connectivity index (χ1) is 11.7. The quantitative estimate of drug-likeness (QED) is 0.885. The van der Waals surface area contributed by atoms with Crippen LogP contribution in [-0.4, -0.2) is 20.9 Å². The van der Waals surface area contributed by atoms with Crippen LogP contribution in [-0.2, 0) is 21.9 Å². The zero-order valence-corrected chi connectivity index (χ0v) is 15.4. The number of amides is 1. The maximum atomic E-state index is 12.6. The number of carbonyl (C=O) groups is 1. The Morgan fingerprint density at radius 2 is 1.72 bits per heavy atom. The summed E-state index contributed by atoms with van der Waals surface area (Å²) in [6.45, 7) is 6.84. The summed E-state index contributed by atoms with van der Waals surface area (Å²) >= 11 is 0. The van der Waals surface area contributed by atoms with E-state index >= 15 is 0 Å². The maximum absolute atomic E-state index is 12.6.